The number of nitrogens with one attached hydrogen (secondary N) is 1. The molecule has 0 fully saturated rings. The van der Waals surface area contributed by atoms with Crippen molar-refractivity contribution >= 4 is 17.6 Å². The minimum Gasteiger partial charge on any atom is -0.433 e. The molecule has 1 aromatic rings. The van der Waals surface area contributed by atoms with E-state index in [-0.39, 0.29) is 5.75 Å². The molecular formula is C9H12F2N2OS. The van der Waals surface area contributed by atoms with E-state index in [1.165, 1.54) is 12.3 Å². The molecule has 6 heteroatoms. The fourth-order valence-corrected chi connectivity index (χ4v) is 1.24. The predicted molar refractivity (Wildman–Crippen MR) is 57.7 cm³/mol. The number of rotatable bonds is 6. The Labute approximate surface area is 91.2 Å². The topological polar surface area (TPSA) is 34.1 Å². The van der Waals surface area contributed by atoms with E-state index >= 15 is 0 Å². The summed E-state index contributed by atoms with van der Waals surface area (Å²) in [6.07, 6.45) is 3.28. The monoisotopic (exact) mass is 234 g/mol. The number of thioether (sulfide) groups is 1. The van der Waals surface area contributed by atoms with Crippen LogP contribution in [0.2, 0.25) is 0 Å². The van der Waals surface area contributed by atoms with Crippen LogP contribution in [0.25, 0.3) is 0 Å². The molecule has 3 nitrogen and oxygen atoms in total. The zero-order valence-corrected chi connectivity index (χ0v) is 9.06. The third kappa shape index (κ3) is 4.83. The SMILES string of the molecule is CSCCNc1ccc(OC(F)F)cn1. The first kappa shape index (κ1) is 12.0. The van der Waals surface area contributed by atoms with Crippen molar-refractivity contribution in [3.05, 3.63) is 18.3 Å². The molecule has 0 bridgehead atoms. The average molecular weight is 234 g/mol. The molecule has 84 valence electrons. The van der Waals surface area contributed by atoms with E-state index in [9.17, 15) is 8.78 Å². The van der Waals surface area contributed by atoms with Gasteiger partial charge in [0.1, 0.15) is 11.6 Å². The lowest BCUT2D eigenvalue weighted by Crippen LogP contribution is -2.06. The summed E-state index contributed by atoms with van der Waals surface area (Å²) in [6.45, 7) is -2.01. The van der Waals surface area contributed by atoms with Gasteiger partial charge in [-0.15, -0.1) is 0 Å². The van der Waals surface area contributed by atoms with E-state index in [0.717, 1.165) is 12.3 Å². The largest absolute Gasteiger partial charge is 0.433 e. The van der Waals surface area contributed by atoms with Crippen LogP contribution in [0.4, 0.5) is 14.6 Å². The Kier molecular flexibility index (Phi) is 5.17. The van der Waals surface area contributed by atoms with Gasteiger partial charge in [-0.25, -0.2) is 4.98 Å². The molecule has 1 N–H and O–H groups in total. The summed E-state index contributed by atoms with van der Waals surface area (Å²) in [4.78, 5) is 3.92. The second-order valence-electron chi connectivity index (χ2n) is 2.68. The number of hydrogen-bond donors (Lipinski definition) is 1. The van der Waals surface area contributed by atoms with E-state index in [4.69, 9.17) is 0 Å². The van der Waals surface area contributed by atoms with Crippen LogP contribution in [0, 0.1) is 0 Å². The predicted octanol–water partition coefficient (Wildman–Crippen LogP) is 2.46. The number of aromatic nitrogens is 1. The molecule has 15 heavy (non-hydrogen) atoms. The highest BCUT2D eigenvalue weighted by Crippen LogP contribution is 2.14. The van der Waals surface area contributed by atoms with E-state index < -0.39 is 6.61 Å². The lowest BCUT2D eigenvalue weighted by atomic mass is 10.4. The fourth-order valence-electron chi connectivity index (χ4n) is 0.939. The van der Waals surface area contributed by atoms with Crippen molar-refractivity contribution in [2.24, 2.45) is 0 Å². The van der Waals surface area contributed by atoms with E-state index in [0.29, 0.717) is 5.82 Å². The van der Waals surface area contributed by atoms with Crippen LogP contribution in [0.3, 0.4) is 0 Å². The molecule has 0 aliphatic rings. The maximum Gasteiger partial charge on any atom is 0.387 e. The van der Waals surface area contributed by atoms with Crippen molar-refractivity contribution in [3.63, 3.8) is 0 Å². The molecule has 0 amide bonds. The Morgan fingerprint density at radius 2 is 2.33 bits per heavy atom. The zero-order chi connectivity index (χ0) is 11.1. The van der Waals surface area contributed by atoms with Crippen LogP contribution in [0.1, 0.15) is 0 Å². The number of ether oxygens (including phenoxy) is 1. The fraction of sp³-hybridized carbons (Fsp3) is 0.444. The molecule has 0 unspecified atom stereocenters. The smallest absolute Gasteiger partial charge is 0.387 e. The van der Waals surface area contributed by atoms with Crippen molar-refractivity contribution in [1.82, 2.24) is 4.98 Å². The van der Waals surface area contributed by atoms with Gasteiger partial charge in [0.2, 0.25) is 0 Å². The molecular weight excluding hydrogens is 222 g/mol. The zero-order valence-electron chi connectivity index (χ0n) is 8.24. The van der Waals surface area contributed by atoms with Crippen LogP contribution in [-0.2, 0) is 0 Å². The summed E-state index contributed by atoms with van der Waals surface area (Å²) in [6, 6.07) is 3.07. The van der Waals surface area contributed by atoms with E-state index in [1.807, 2.05) is 6.26 Å². The van der Waals surface area contributed by atoms with Crippen LogP contribution in [-0.4, -0.2) is 30.1 Å². The summed E-state index contributed by atoms with van der Waals surface area (Å²) in [5, 5.41) is 3.05. The molecule has 0 aliphatic heterocycles. The van der Waals surface area contributed by atoms with Gasteiger partial charge >= 0.3 is 6.61 Å². The van der Waals surface area contributed by atoms with Crippen molar-refractivity contribution in [2.75, 3.05) is 23.9 Å². The molecule has 0 saturated heterocycles. The maximum absolute atomic E-state index is 11.8. The molecule has 0 saturated carbocycles. The number of halogens is 2. The minimum absolute atomic E-state index is 0.0698. The number of pyridine rings is 1. The molecule has 0 atom stereocenters. The van der Waals surface area contributed by atoms with Gasteiger partial charge < -0.3 is 10.1 Å². The second-order valence-corrected chi connectivity index (χ2v) is 3.66. The third-order valence-electron chi connectivity index (χ3n) is 1.57. The molecule has 0 aromatic carbocycles. The summed E-state index contributed by atoms with van der Waals surface area (Å²) in [7, 11) is 0. The Hall–Kier alpha value is -1.04. The first-order chi connectivity index (χ1) is 7.22. The van der Waals surface area contributed by atoms with Gasteiger partial charge in [-0.3, -0.25) is 0 Å². The van der Waals surface area contributed by atoms with E-state index in [2.05, 4.69) is 15.0 Å². The van der Waals surface area contributed by atoms with Crippen molar-refractivity contribution in [3.8, 4) is 5.75 Å². The van der Waals surface area contributed by atoms with Gasteiger partial charge in [0, 0.05) is 12.3 Å². The van der Waals surface area contributed by atoms with Crippen molar-refractivity contribution < 1.29 is 13.5 Å². The normalized spacial score (nSPS) is 10.4. The molecule has 0 radical (unpaired) electrons. The highest BCUT2D eigenvalue weighted by Gasteiger charge is 2.03. The number of nitrogens with zero attached hydrogens (tertiary/aromatic N) is 1. The van der Waals surface area contributed by atoms with Crippen LogP contribution in [0.15, 0.2) is 18.3 Å². The Morgan fingerprint density at radius 1 is 1.53 bits per heavy atom. The molecule has 1 aromatic heterocycles. The summed E-state index contributed by atoms with van der Waals surface area (Å²) in [5.41, 5.74) is 0. The van der Waals surface area contributed by atoms with Crippen LogP contribution < -0.4 is 10.1 Å². The highest BCUT2D eigenvalue weighted by atomic mass is 32.2. The van der Waals surface area contributed by atoms with Gasteiger partial charge in [0.25, 0.3) is 0 Å². The van der Waals surface area contributed by atoms with Gasteiger partial charge in [0.15, 0.2) is 0 Å². The highest BCUT2D eigenvalue weighted by molar-refractivity contribution is 7.98. The standard InChI is InChI=1S/C9H12F2N2OS/c1-15-5-4-12-8-3-2-7(6-13-8)14-9(10)11/h2-3,6,9H,4-5H2,1H3,(H,12,13). The third-order valence-corrected chi connectivity index (χ3v) is 2.19. The number of anilines is 1. The second kappa shape index (κ2) is 6.44. The maximum atomic E-state index is 11.8. The molecule has 0 aliphatic carbocycles. The van der Waals surface area contributed by atoms with Gasteiger partial charge in [-0.1, -0.05) is 0 Å². The Bertz CT molecular complexity index is 282. The quantitative estimate of drug-likeness (QED) is 0.767. The van der Waals surface area contributed by atoms with Crippen molar-refractivity contribution in [1.29, 1.82) is 0 Å². The molecule has 0 spiro atoms. The van der Waals surface area contributed by atoms with Gasteiger partial charge in [0.05, 0.1) is 6.20 Å². The van der Waals surface area contributed by atoms with Gasteiger partial charge in [-0.2, -0.15) is 20.5 Å². The van der Waals surface area contributed by atoms with Gasteiger partial charge in [-0.05, 0) is 18.4 Å². The summed E-state index contributed by atoms with van der Waals surface area (Å²) in [5.74, 6) is 1.70. The lowest BCUT2D eigenvalue weighted by Gasteiger charge is -2.06. The van der Waals surface area contributed by atoms with E-state index in [1.54, 1.807) is 17.8 Å². The number of alkyl halides is 2. The molecule has 1 heterocycles. The lowest BCUT2D eigenvalue weighted by molar-refractivity contribution is -0.0500. The van der Waals surface area contributed by atoms with Crippen molar-refractivity contribution in [2.45, 2.75) is 6.61 Å². The number of hydrogen-bond acceptors (Lipinski definition) is 4. The Balaban J connectivity index is 2.42. The first-order valence-corrected chi connectivity index (χ1v) is 5.75. The summed E-state index contributed by atoms with van der Waals surface area (Å²) < 4.78 is 27.8. The molecule has 1 rings (SSSR count). The first-order valence-electron chi connectivity index (χ1n) is 4.36. The van der Waals surface area contributed by atoms with Crippen LogP contribution >= 0.6 is 11.8 Å². The van der Waals surface area contributed by atoms with Crippen LogP contribution in [0.5, 0.6) is 5.75 Å². The minimum atomic E-state index is -2.80. The Morgan fingerprint density at radius 3 is 2.87 bits per heavy atom. The average Bonchev–Trinajstić information content (AvgIpc) is 2.20. The summed E-state index contributed by atoms with van der Waals surface area (Å²) >= 11 is 1.72.